The Balaban J connectivity index is 1.63. The highest BCUT2D eigenvalue weighted by Crippen LogP contribution is 2.36. The molecule has 4 atom stereocenters. The third-order valence-corrected chi connectivity index (χ3v) is 4.74. The summed E-state index contributed by atoms with van der Waals surface area (Å²) in [4.78, 5) is 14.4. The molecule has 0 saturated carbocycles. The second kappa shape index (κ2) is 5.62. The van der Waals surface area contributed by atoms with Gasteiger partial charge in [0.05, 0.1) is 11.7 Å². The number of nitrogens with zero attached hydrogens (tertiary/aromatic N) is 1. The number of esters is 1. The largest absolute Gasteiger partial charge is 0.459 e. The summed E-state index contributed by atoms with van der Waals surface area (Å²) in [6.45, 7) is 3.84. The molecule has 2 bridgehead atoms. The summed E-state index contributed by atoms with van der Waals surface area (Å²) in [6, 6.07) is 9.77. The molecule has 3 rings (SSSR count). The van der Waals surface area contributed by atoms with Crippen LogP contribution >= 0.6 is 0 Å². The van der Waals surface area contributed by atoms with Crippen LogP contribution in [0.2, 0.25) is 0 Å². The van der Waals surface area contributed by atoms with Crippen molar-refractivity contribution in [2.24, 2.45) is 0 Å². The van der Waals surface area contributed by atoms with Gasteiger partial charge in [0.1, 0.15) is 6.10 Å². The first kappa shape index (κ1) is 14.3. The Hall–Kier alpha value is -1.65. The second-order valence-electron chi connectivity index (χ2n) is 6.03. The first-order valence-corrected chi connectivity index (χ1v) is 7.41. The maximum atomic E-state index is 12.2. The molecule has 0 aromatic heterocycles. The molecule has 1 aromatic rings. The number of carbonyl (C=O) groups is 1. The standard InChI is InChI=1S/C17H21NO3/c1-11(12-6-4-3-5-7-12)17(20)21-14-8-13-9-16(19)15(10-14)18(13)2/h3-7,13-16,19H,1,8-10H2,2H3/t13-,14-,15+,16-/m0/s1. The van der Waals surface area contributed by atoms with E-state index in [-0.39, 0.29) is 24.2 Å². The molecule has 0 unspecified atom stereocenters. The predicted molar refractivity (Wildman–Crippen MR) is 80.6 cm³/mol. The van der Waals surface area contributed by atoms with Crippen LogP contribution in [0.4, 0.5) is 0 Å². The van der Waals surface area contributed by atoms with Crippen LogP contribution in [-0.2, 0) is 9.53 Å². The van der Waals surface area contributed by atoms with Gasteiger partial charge in [-0.05, 0) is 19.0 Å². The van der Waals surface area contributed by atoms with Crippen molar-refractivity contribution in [3.63, 3.8) is 0 Å². The molecule has 1 N–H and O–H groups in total. The van der Waals surface area contributed by atoms with E-state index in [9.17, 15) is 9.90 Å². The fourth-order valence-electron chi connectivity index (χ4n) is 3.48. The Labute approximate surface area is 125 Å². The van der Waals surface area contributed by atoms with E-state index in [4.69, 9.17) is 4.74 Å². The van der Waals surface area contributed by atoms with Crippen LogP contribution in [0.5, 0.6) is 0 Å². The molecule has 0 spiro atoms. The number of piperidine rings is 1. The number of hydrogen-bond acceptors (Lipinski definition) is 4. The Bertz CT molecular complexity index is 542. The van der Waals surface area contributed by atoms with E-state index >= 15 is 0 Å². The van der Waals surface area contributed by atoms with Crippen LogP contribution < -0.4 is 0 Å². The second-order valence-corrected chi connectivity index (χ2v) is 6.03. The lowest BCUT2D eigenvalue weighted by atomic mass is 10.00. The van der Waals surface area contributed by atoms with Crippen molar-refractivity contribution in [2.45, 2.75) is 43.6 Å². The Kier molecular flexibility index (Phi) is 3.83. The molecule has 2 aliphatic heterocycles. The molecule has 2 fully saturated rings. The Morgan fingerprint density at radius 2 is 2.00 bits per heavy atom. The molecule has 2 heterocycles. The lowest BCUT2D eigenvalue weighted by Gasteiger charge is -2.36. The van der Waals surface area contributed by atoms with Crippen LogP contribution in [0.25, 0.3) is 5.57 Å². The zero-order valence-electron chi connectivity index (χ0n) is 12.2. The van der Waals surface area contributed by atoms with Crippen molar-refractivity contribution in [3.05, 3.63) is 42.5 Å². The number of likely N-dealkylation sites (N-methyl/N-ethyl adjacent to an activating group) is 1. The summed E-state index contributed by atoms with van der Waals surface area (Å²) in [7, 11) is 2.03. The highest BCUT2D eigenvalue weighted by molar-refractivity contribution is 6.15. The van der Waals surface area contributed by atoms with Gasteiger partial charge in [-0.15, -0.1) is 0 Å². The molecule has 2 aliphatic rings. The summed E-state index contributed by atoms with van der Waals surface area (Å²) in [6.07, 6.45) is 1.83. The lowest BCUT2D eigenvalue weighted by Crippen LogP contribution is -2.45. The number of fused-ring (bicyclic) bond motifs is 2. The third-order valence-electron chi connectivity index (χ3n) is 4.74. The molecule has 1 aromatic carbocycles. The van der Waals surface area contributed by atoms with E-state index in [1.807, 2.05) is 37.4 Å². The van der Waals surface area contributed by atoms with Crippen LogP contribution in [0.1, 0.15) is 24.8 Å². The quantitative estimate of drug-likeness (QED) is 0.681. The van der Waals surface area contributed by atoms with Gasteiger partial charge in [-0.2, -0.15) is 0 Å². The molecule has 21 heavy (non-hydrogen) atoms. The number of hydrogen-bond donors (Lipinski definition) is 1. The predicted octanol–water partition coefficient (Wildman–Crippen LogP) is 1.84. The van der Waals surface area contributed by atoms with Gasteiger partial charge in [0.15, 0.2) is 0 Å². The number of aliphatic hydroxyl groups is 1. The normalized spacial score (nSPS) is 31.9. The molecular weight excluding hydrogens is 266 g/mol. The number of carbonyl (C=O) groups excluding carboxylic acids is 1. The Morgan fingerprint density at radius 3 is 2.67 bits per heavy atom. The van der Waals surface area contributed by atoms with Gasteiger partial charge in [-0.1, -0.05) is 36.9 Å². The highest BCUT2D eigenvalue weighted by Gasteiger charge is 2.45. The van der Waals surface area contributed by atoms with Crippen LogP contribution in [0, 0.1) is 0 Å². The molecule has 4 nitrogen and oxygen atoms in total. The van der Waals surface area contributed by atoms with Crippen LogP contribution in [0.15, 0.2) is 36.9 Å². The monoisotopic (exact) mass is 287 g/mol. The lowest BCUT2D eigenvalue weighted by molar-refractivity contribution is -0.145. The van der Waals surface area contributed by atoms with Gasteiger partial charge in [-0.3, -0.25) is 4.90 Å². The van der Waals surface area contributed by atoms with Crippen molar-refractivity contribution in [1.29, 1.82) is 0 Å². The molecule has 2 saturated heterocycles. The minimum absolute atomic E-state index is 0.103. The summed E-state index contributed by atoms with van der Waals surface area (Å²) in [5.41, 5.74) is 1.18. The van der Waals surface area contributed by atoms with Crippen molar-refractivity contribution < 1.29 is 14.6 Å². The number of ether oxygens (including phenoxy) is 1. The molecule has 0 amide bonds. The minimum Gasteiger partial charge on any atom is -0.459 e. The van der Waals surface area contributed by atoms with E-state index in [1.54, 1.807) is 0 Å². The van der Waals surface area contributed by atoms with Gasteiger partial charge in [0.25, 0.3) is 0 Å². The van der Waals surface area contributed by atoms with E-state index in [2.05, 4.69) is 11.5 Å². The van der Waals surface area contributed by atoms with Crippen molar-refractivity contribution in [1.82, 2.24) is 4.90 Å². The average molecular weight is 287 g/mol. The smallest absolute Gasteiger partial charge is 0.338 e. The molecule has 112 valence electrons. The van der Waals surface area contributed by atoms with Gasteiger partial charge >= 0.3 is 5.97 Å². The fraction of sp³-hybridized carbons (Fsp3) is 0.471. The van der Waals surface area contributed by atoms with E-state index < -0.39 is 0 Å². The topological polar surface area (TPSA) is 49.8 Å². The Morgan fingerprint density at radius 1 is 1.29 bits per heavy atom. The van der Waals surface area contributed by atoms with Gasteiger partial charge in [0.2, 0.25) is 0 Å². The summed E-state index contributed by atoms with van der Waals surface area (Å²) < 4.78 is 5.61. The van der Waals surface area contributed by atoms with Crippen molar-refractivity contribution >= 4 is 11.5 Å². The zero-order chi connectivity index (χ0) is 15.0. The average Bonchev–Trinajstić information content (AvgIpc) is 2.65. The zero-order valence-corrected chi connectivity index (χ0v) is 12.2. The van der Waals surface area contributed by atoms with Crippen LogP contribution in [0.3, 0.4) is 0 Å². The summed E-state index contributed by atoms with van der Waals surface area (Å²) >= 11 is 0. The number of benzene rings is 1. The first-order valence-electron chi connectivity index (χ1n) is 7.41. The van der Waals surface area contributed by atoms with Gasteiger partial charge in [0, 0.05) is 24.9 Å². The van der Waals surface area contributed by atoms with Crippen molar-refractivity contribution in [3.8, 4) is 0 Å². The maximum absolute atomic E-state index is 12.2. The van der Waals surface area contributed by atoms with Gasteiger partial charge < -0.3 is 9.84 Å². The highest BCUT2D eigenvalue weighted by atomic mass is 16.5. The van der Waals surface area contributed by atoms with E-state index in [0.717, 1.165) is 18.4 Å². The number of rotatable bonds is 3. The molecular formula is C17H21NO3. The number of aliphatic hydroxyl groups excluding tert-OH is 1. The minimum atomic E-state index is -0.357. The summed E-state index contributed by atoms with van der Waals surface area (Å²) in [5.74, 6) is -0.357. The van der Waals surface area contributed by atoms with Gasteiger partial charge in [-0.25, -0.2) is 4.79 Å². The first-order chi connectivity index (χ1) is 10.1. The van der Waals surface area contributed by atoms with E-state index in [0.29, 0.717) is 18.0 Å². The van der Waals surface area contributed by atoms with Crippen molar-refractivity contribution in [2.75, 3.05) is 7.05 Å². The van der Waals surface area contributed by atoms with Crippen LogP contribution in [-0.4, -0.2) is 47.3 Å². The third kappa shape index (κ3) is 2.74. The fourth-order valence-corrected chi connectivity index (χ4v) is 3.48. The van der Waals surface area contributed by atoms with E-state index in [1.165, 1.54) is 0 Å². The SMILES string of the molecule is C=C(C(=O)O[C@H]1C[C@H]2C[C@H](O)[C@@H](C1)N2C)c1ccccc1. The molecule has 0 radical (unpaired) electrons. The molecule has 0 aliphatic carbocycles. The summed E-state index contributed by atoms with van der Waals surface area (Å²) in [5, 5.41) is 10.0. The molecule has 4 heteroatoms. The maximum Gasteiger partial charge on any atom is 0.338 e.